The first kappa shape index (κ1) is 17.8. The van der Waals surface area contributed by atoms with Crippen molar-refractivity contribution in [3.63, 3.8) is 0 Å². The molecule has 1 aromatic carbocycles. The highest BCUT2D eigenvalue weighted by atomic mass is 19.4. The van der Waals surface area contributed by atoms with E-state index in [1.165, 1.54) is 38.1 Å². The third-order valence-corrected chi connectivity index (χ3v) is 2.96. The Labute approximate surface area is 125 Å². The number of carbonyl (C=O) groups excluding carboxylic acids is 1. The van der Waals surface area contributed by atoms with Crippen LogP contribution in [0.2, 0.25) is 0 Å². The molecule has 0 radical (unpaired) electrons. The van der Waals surface area contributed by atoms with Crippen LogP contribution in [0.3, 0.4) is 0 Å². The van der Waals surface area contributed by atoms with Gasteiger partial charge in [-0.05, 0) is 23.6 Å². The molecular weight excluding hydrogens is 301 g/mol. The van der Waals surface area contributed by atoms with Gasteiger partial charge >= 0.3 is 18.2 Å². The molecule has 5 nitrogen and oxygen atoms in total. The third-order valence-electron chi connectivity index (χ3n) is 2.96. The summed E-state index contributed by atoms with van der Waals surface area (Å²) < 4.78 is 38.1. The Balaban J connectivity index is 2.57. The zero-order chi connectivity index (χ0) is 16.9. The highest BCUT2D eigenvalue weighted by Crippen LogP contribution is 2.25. The number of nitrogens with one attached hydrogen (secondary N) is 2. The largest absolute Gasteiger partial charge is 0.478 e. The number of aromatic carboxylic acids is 1. The number of amides is 2. The van der Waals surface area contributed by atoms with Gasteiger partial charge in [-0.15, -0.1) is 0 Å². The fourth-order valence-electron chi connectivity index (χ4n) is 1.77. The topological polar surface area (TPSA) is 78.4 Å². The zero-order valence-corrected chi connectivity index (χ0v) is 12.1. The number of hydrogen-bond donors (Lipinski definition) is 3. The van der Waals surface area contributed by atoms with E-state index >= 15 is 0 Å². The van der Waals surface area contributed by atoms with Crippen LogP contribution in [0, 0.1) is 5.92 Å². The maximum Gasteiger partial charge on any atom is 0.408 e. The van der Waals surface area contributed by atoms with E-state index < -0.39 is 30.1 Å². The summed E-state index contributed by atoms with van der Waals surface area (Å²) in [5.74, 6) is -1.87. The monoisotopic (exact) mass is 318 g/mol. The van der Waals surface area contributed by atoms with Crippen LogP contribution in [-0.4, -0.2) is 29.3 Å². The van der Waals surface area contributed by atoms with E-state index in [0.29, 0.717) is 5.56 Å². The highest BCUT2D eigenvalue weighted by Gasteiger charge is 2.42. The van der Waals surface area contributed by atoms with Gasteiger partial charge in [0.05, 0.1) is 5.56 Å². The molecule has 3 N–H and O–H groups in total. The summed E-state index contributed by atoms with van der Waals surface area (Å²) >= 11 is 0. The van der Waals surface area contributed by atoms with Gasteiger partial charge in [0.1, 0.15) is 6.04 Å². The average Bonchev–Trinajstić information content (AvgIpc) is 2.41. The molecule has 22 heavy (non-hydrogen) atoms. The second-order valence-electron chi connectivity index (χ2n) is 5.09. The second-order valence-corrected chi connectivity index (χ2v) is 5.09. The van der Waals surface area contributed by atoms with E-state index in [9.17, 15) is 22.8 Å². The van der Waals surface area contributed by atoms with Crippen molar-refractivity contribution in [2.24, 2.45) is 5.92 Å². The van der Waals surface area contributed by atoms with Gasteiger partial charge in [-0.25, -0.2) is 9.59 Å². The molecule has 1 aromatic rings. The predicted octanol–water partition coefficient (Wildman–Crippen LogP) is 2.77. The SMILES string of the molecule is CC(C)[C@H](NC(=O)NCc1ccc(C(=O)O)cc1)C(F)(F)F. The van der Waals surface area contributed by atoms with Gasteiger partial charge in [0.2, 0.25) is 0 Å². The van der Waals surface area contributed by atoms with Gasteiger partial charge in [-0.3, -0.25) is 0 Å². The Morgan fingerprint density at radius 2 is 1.73 bits per heavy atom. The van der Waals surface area contributed by atoms with Crippen molar-refractivity contribution in [3.8, 4) is 0 Å². The first-order chi connectivity index (χ1) is 10.1. The maximum absolute atomic E-state index is 12.7. The highest BCUT2D eigenvalue weighted by molar-refractivity contribution is 5.87. The Bertz CT molecular complexity index is 527. The number of carbonyl (C=O) groups is 2. The average molecular weight is 318 g/mol. The minimum atomic E-state index is -4.52. The van der Waals surface area contributed by atoms with E-state index in [0.717, 1.165) is 0 Å². The first-order valence-corrected chi connectivity index (χ1v) is 6.54. The molecule has 0 aromatic heterocycles. The summed E-state index contributed by atoms with van der Waals surface area (Å²) in [6, 6.07) is 2.80. The number of halogens is 3. The fraction of sp³-hybridized carbons (Fsp3) is 0.429. The molecule has 1 atom stereocenters. The molecule has 0 heterocycles. The fourth-order valence-corrected chi connectivity index (χ4v) is 1.77. The maximum atomic E-state index is 12.7. The van der Waals surface area contributed by atoms with E-state index in [-0.39, 0.29) is 12.1 Å². The lowest BCUT2D eigenvalue weighted by molar-refractivity contribution is -0.162. The quantitative estimate of drug-likeness (QED) is 0.781. The first-order valence-electron chi connectivity index (χ1n) is 6.54. The van der Waals surface area contributed by atoms with Crippen molar-refractivity contribution in [3.05, 3.63) is 35.4 Å². The van der Waals surface area contributed by atoms with E-state index in [4.69, 9.17) is 5.11 Å². The summed E-state index contributed by atoms with van der Waals surface area (Å²) in [6.07, 6.45) is -4.52. The van der Waals surface area contributed by atoms with Crippen LogP contribution < -0.4 is 10.6 Å². The number of rotatable bonds is 5. The van der Waals surface area contributed by atoms with Crippen LogP contribution in [0.25, 0.3) is 0 Å². The summed E-state index contributed by atoms with van der Waals surface area (Å²) in [7, 11) is 0. The molecule has 0 aliphatic rings. The molecule has 0 bridgehead atoms. The molecule has 0 saturated carbocycles. The molecular formula is C14H17F3N2O3. The summed E-state index contributed by atoms with van der Waals surface area (Å²) in [5, 5.41) is 12.9. The Kier molecular flexibility index (Phi) is 5.78. The molecule has 1 rings (SSSR count). The van der Waals surface area contributed by atoms with Crippen molar-refractivity contribution >= 4 is 12.0 Å². The summed E-state index contributed by atoms with van der Waals surface area (Å²) in [5.41, 5.74) is 0.665. The van der Waals surface area contributed by atoms with Crippen LogP contribution in [0.15, 0.2) is 24.3 Å². The number of benzene rings is 1. The minimum Gasteiger partial charge on any atom is -0.478 e. The zero-order valence-electron chi connectivity index (χ0n) is 12.1. The predicted molar refractivity (Wildman–Crippen MR) is 73.5 cm³/mol. The van der Waals surface area contributed by atoms with Crippen molar-refractivity contribution < 1.29 is 27.9 Å². The van der Waals surface area contributed by atoms with Crippen LogP contribution in [0.5, 0.6) is 0 Å². The lowest BCUT2D eigenvalue weighted by atomic mass is 10.0. The second kappa shape index (κ2) is 7.15. The van der Waals surface area contributed by atoms with Crippen LogP contribution in [0.1, 0.15) is 29.8 Å². The standard InChI is InChI=1S/C14H17F3N2O3/c1-8(2)11(14(15,16)17)19-13(22)18-7-9-3-5-10(6-4-9)12(20)21/h3-6,8,11H,7H2,1-2H3,(H,20,21)(H2,18,19,22)/t11-/m0/s1. The van der Waals surface area contributed by atoms with Crippen LogP contribution in [0.4, 0.5) is 18.0 Å². The molecule has 2 amide bonds. The molecule has 0 unspecified atom stereocenters. The number of alkyl halides is 3. The molecule has 122 valence electrons. The van der Waals surface area contributed by atoms with Crippen molar-refractivity contribution in [2.45, 2.75) is 32.6 Å². The molecule has 0 fully saturated rings. The van der Waals surface area contributed by atoms with Crippen molar-refractivity contribution in [2.75, 3.05) is 0 Å². The van der Waals surface area contributed by atoms with Crippen LogP contribution >= 0.6 is 0 Å². The number of carboxylic acids is 1. The van der Waals surface area contributed by atoms with Gasteiger partial charge < -0.3 is 15.7 Å². The van der Waals surface area contributed by atoms with E-state index in [1.54, 1.807) is 0 Å². The van der Waals surface area contributed by atoms with E-state index in [2.05, 4.69) is 5.32 Å². The minimum absolute atomic E-state index is 0.00555. The Morgan fingerprint density at radius 1 is 1.18 bits per heavy atom. The van der Waals surface area contributed by atoms with Gasteiger partial charge in [0.25, 0.3) is 0 Å². The third kappa shape index (κ3) is 5.27. The molecule has 0 aliphatic carbocycles. The van der Waals surface area contributed by atoms with Gasteiger partial charge in [-0.2, -0.15) is 13.2 Å². The number of hydrogen-bond acceptors (Lipinski definition) is 2. The van der Waals surface area contributed by atoms with Crippen molar-refractivity contribution in [1.29, 1.82) is 0 Å². The lowest BCUT2D eigenvalue weighted by Gasteiger charge is -2.25. The smallest absolute Gasteiger partial charge is 0.408 e. The van der Waals surface area contributed by atoms with Crippen molar-refractivity contribution in [1.82, 2.24) is 10.6 Å². The Hall–Kier alpha value is -2.25. The Morgan fingerprint density at radius 3 is 2.14 bits per heavy atom. The molecule has 8 heteroatoms. The lowest BCUT2D eigenvalue weighted by Crippen LogP contribution is -2.51. The number of urea groups is 1. The van der Waals surface area contributed by atoms with Crippen LogP contribution in [-0.2, 0) is 6.54 Å². The normalized spacial score (nSPS) is 12.8. The number of carboxylic acid groups (broad SMARTS) is 1. The van der Waals surface area contributed by atoms with Gasteiger partial charge in [0.15, 0.2) is 0 Å². The summed E-state index contributed by atoms with van der Waals surface area (Å²) in [4.78, 5) is 22.2. The molecule has 0 saturated heterocycles. The molecule has 0 spiro atoms. The van der Waals surface area contributed by atoms with Gasteiger partial charge in [-0.1, -0.05) is 26.0 Å². The summed E-state index contributed by atoms with van der Waals surface area (Å²) in [6.45, 7) is 2.72. The van der Waals surface area contributed by atoms with E-state index in [1.807, 2.05) is 5.32 Å². The van der Waals surface area contributed by atoms with Gasteiger partial charge in [0, 0.05) is 6.54 Å². The molecule has 0 aliphatic heterocycles.